The van der Waals surface area contributed by atoms with Gasteiger partial charge in [0.15, 0.2) is 0 Å². The molecule has 0 aliphatic carbocycles. The van der Waals surface area contributed by atoms with E-state index in [0.29, 0.717) is 5.92 Å². The van der Waals surface area contributed by atoms with Gasteiger partial charge >= 0.3 is 0 Å². The van der Waals surface area contributed by atoms with E-state index in [1.54, 1.807) is 0 Å². The Morgan fingerprint density at radius 2 is 1.93 bits per heavy atom. The van der Waals surface area contributed by atoms with Crippen LogP contribution in [0.5, 0.6) is 0 Å². The van der Waals surface area contributed by atoms with E-state index >= 15 is 0 Å². The number of halogens is 1. The van der Waals surface area contributed by atoms with Gasteiger partial charge in [0.25, 0.3) is 0 Å². The molecule has 3 N–H and O–H groups in total. The molecule has 2 rings (SSSR count). The van der Waals surface area contributed by atoms with Gasteiger partial charge in [0.05, 0.1) is 0 Å². The zero-order chi connectivity index (χ0) is 9.10. The summed E-state index contributed by atoms with van der Waals surface area (Å²) in [6, 6.07) is 8.29. The lowest BCUT2D eigenvalue weighted by Gasteiger charge is -2.23. The molecule has 0 bridgehead atoms. The number of nitrogens with two attached hydrogens (primary N) is 1. The fourth-order valence-corrected chi connectivity index (χ4v) is 1.97. The number of nitrogen functional groups attached to an aromatic ring is 1. The number of anilines is 1. The van der Waals surface area contributed by atoms with Crippen molar-refractivity contribution in [1.29, 1.82) is 0 Å². The maximum atomic E-state index is 5.75. The standard InChI is InChI=1S/C11H16N2.ClH/c12-11-3-1-2-10(8-11)9-4-6-13-7-5-9;/h1-3,8-9,13H,4-7,12H2;1H. The molecular formula is C11H17ClN2. The van der Waals surface area contributed by atoms with E-state index in [9.17, 15) is 0 Å². The van der Waals surface area contributed by atoms with Crippen LogP contribution in [0.25, 0.3) is 0 Å². The number of hydrogen-bond acceptors (Lipinski definition) is 2. The fraction of sp³-hybridized carbons (Fsp3) is 0.455. The third-order valence-electron chi connectivity index (χ3n) is 2.72. The number of rotatable bonds is 1. The monoisotopic (exact) mass is 212 g/mol. The van der Waals surface area contributed by atoms with E-state index in [4.69, 9.17) is 5.73 Å². The summed E-state index contributed by atoms with van der Waals surface area (Å²) in [4.78, 5) is 0. The molecule has 0 atom stereocenters. The van der Waals surface area contributed by atoms with Gasteiger partial charge < -0.3 is 11.1 Å². The normalized spacial score (nSPS) is 17.4. The van der Waals surface area contributed by atoms with Crippen LogP contribution < -0.4 is 11.1 Å². The molecule has 1 aromatic carbocycles. The van der Waals surface area contributed by atoms with Crippen LogP contribution in [-0.2, 0) is 0 Å². The molecule has 1 aliphatic rings. The van der Waals surface area contributed by atoms with Crippen molar-refractivity contribution in [2.24, 2.45) is 0 Å². The van der Waals surface area contributed by atoms with E-state index in [-0.39, 0.29) is 12.4 Å². The summed E-state index contributed by atoms with van der Waals surface area (Å²) in [6.07, 6.45) is 2.48. The Labute approximate surface area is 91.3 Å². The maximum Gasteiger partial charge on any atom is 0.0316 e. The molecule has 78 valence electrons. The van der Waals surface area contributed by atoms with Crippen molar-refractivity contribution < 1.29 is 0 Å². The average molecular weight is 213 g/mol. The zero-order valence-corrected chi connectivity index (χ0v) is 9.02. The lowest BCUT2D eigenvalue weighted by molar-refractivity contribution is 0.460. The summed E-state index contributed by atoms with van der Waals surface area (Å²) in [5, 5.41) is 3.37. The molecule has 3 heteroatoms. The summed E-state index contributed by atoms with van der Waals surface area (Å²) in [5.74, 6) is 0.713. The van der Waals surface area contributed by atoms with Crippen molar-refractivity contribution in [3.63, 3.8) is 0 Å². The van der Waals surface area contributed by atoms with Crippen LogP contribution in [0.4, 0.5) is 5.69 Å². The van der Waals surface area contributed by atoms with Crippen LogP contribution in [-0.4, -0.2) is 13.1 Å². The lowest BCUT2D eigenvalue weighted by Crippen LogP contribution is -2.26. The molecule has 14 heavy (non-hydrogen) atoms. The van der Waals surface area contributed by atoms with Crippen LogP contribution in [0.1, 0.15) is 24.3 Å². The van der Waals surface area contributed by atoms with Crippen molar-refractivity contribution in [3.05, 3.63) is 29.8 Å². The van der Waals surface area contributed by atoms with Crippen molar-refractivity contribution in [2.45, 2.75) is 18.8 Å². The molecule has 0 saturated carbocycles. The third-order valence-corrected chi connectivity index (χ3v) is 2.72. The second-order valence-electron chi connectivity index (χ2n) is 3.69. The van der Waals surface area contributed by atoms with Crippen LogP contribution in [0.2, 0.25) is 0 Å². The van der Waals surface area contributed by atoms with E-state index in [1.807, 2.05) is 12.1 Å². The number of nitrogens with one attached hydrogen (secondary N) is 1. The van der Waals surface area contributed by atoms with E-state index < -0.39 is 0 Å². The molecule has 0 amide bonds. The Morgan fingerprint density at radius 1 is 1.21 bits per heavy atom. The number of benzene rings is 1. The highest BCUT2D eigenvalue weighted by Gasteiger charge is 2.14. The minimum atomic E-state index is 0. The summed E-state index contributed by atoms with van der Waals surface area (Å²) in [7, 11) is 0. The first kappa shape index (κ1) is 11.3. The van der Waals surface area contributed by atoms with Crippen LogP contribution in [0.15, 0.2) is 24.3 Å². The first-order valence-electron chi connectivity index (χ1n) is 4.92. The van der Waals surface area contributed by atoms with Crippen molar-refractivity contribution >= 4 is 18.1 Å². The summed E-state index contributed by atoms with van der Waals surface area (Å²) in [5.41, 5.74) is 8.04. The number of piperidine rings is 1. The van der Waals surface area contributed by atoms with E-state index in [1.165, 1.54) is 18.4 Å². The molecule has 0 spiro atoms. The van der Waals surface area contributed by atoms with Crippen molar-refractivity contribution in [1.82, 2.24) is 5.32 Å². The van der Waals surface area contributed by atoms with Gasteiger partial charge in [-0.15, -0.1) is 12.4 Å². The molecule has 0 radical (unpaired) electrons. The fourth-order valence-electron chi connectivity index (χ4n) is 1.97. The highest BCUT2D eigenvalue weighted by molar-refractivity contribution is 5.85. The summed E-state index contributed by atoms with van der Waals surface area (Å²) in [6.45, 7) is 2.28. The minimum Gasteiger partial charge on any atom is -0.399 e. The molecule has 0 aromatic heterocycles. The van der Waals surface area contributed by atoms with Gasteiger partial charge in [0.1, 0.15) is 0 Å². The Kier molecular flexibility index (Phi) is 4.23. The van der Waals surface area contributed by atoms with Gasteiger partial charge in [0.2, 0.25) is 0 Å². The Balaban J connectivity index is 0.000000980. The highest BCUT2D eigenvalue weighted by atomic mass is 35.5. The molecule has 2 nitrogen and oxygen atoms in total. The van der Waals surface area contributed by atoms with Gasteiger partial charge in [-0.25, -0.2) is 0 Å². The van der Waals surface area contributed by atoms with Crippen molar-refractivity contribution in [3.8, 4) is 0 Å². The largest absolute Gasteiger partial charge is 0.399 e. The second-order valence-corrected chi connectivity index (χ2v) is 3.69. The highest BCUT2D eigenvalue weighted by Crippen LogP contribution is 2.25. The van der Waals surface area contributed by atoms with Gasteiger partial charge in [-0.1, -0.05) is 12.1 Å². The summed E-state index contributed by atoms with van der Waals surface area (Å²) >= 11 is 0. The maximum absolute atomic E-state index is 5.75. The van der Waals surface area contributed by atoms with Crippen LogP contribution in [0.3, 0.4) is 0 Å². The minimum absolute atomic E-state index is 0. The first-order chi connectivity index (χ1) is 6.36. The second kappa shape index (κ2) is 5.23. The molecule has 1 saturated heterocycles. The molecule has 0 unspecified atom stereocenters. The van der Waals surface area contributed by atoms with Gasteiger partial charge in [-0.3, -0.25) is 0 Å². The van der Waals surface area contributed by atoms with Gasteiger partial charge in [0, 0.05) is 5.69 Å². The molecule has 1 aromatic rings. The smallest absolute Gasteiger partial charge is 0.0316 e. The topological polar surface area (TPSA) is 38.0 Å². The van der Waals surface area contributed by atoms with E-state index in [2.05, 4.69) is 17.4 Å². The molecular weight excluding hydrogens is 196 g/mol. The van der Waals surface area contributed by atoms with Gasteiger partial charge in [-0.05, 0) is 49.5 Å². The quantitative estimate of drug-likeness (QED) is 0.701. The van der Waals surface area contributed by atoms with Crippen LogP contribution in [0, 0.1) is 0 Å². The SMILES string of the molecule is Cl.Nc1cccc(C2CCNCC2)c1. The first-order valence-corrected chi connectivity index (χ1v) is 4.92. The number of hydrogen-bond donors (Lipinski definition) is 2. The third kappa shape index (κ3) is 2.63. The predicted molar refractivity (Wildman–Crippen MR) is 62.9 cm³/mol. The molecule has 1 aliphatic heterocycles. The average Bonchev–Trinajstić information content (AvgIpc) is 2.19. The van der Waals surface area contributed by atoms with Gasteiger partial charge in [-0.2, -0.15) is 0 Å². The molecule has 1 fully saturated rings. The lowest BCUT2D eigenvalue weighted by atomic mass is 9.90. The van der Waals surface area contributed by atoms with Crippen molar-refractivity contribution in [2.75, 3.05) is 18.8 Å². The van der Waals surface area contributed by atoms with Crippen LogP contribution >= 0.6 is 12.4 Å². The predicted octanol–water partition coefficient (Wildman–Crippen LogP) is 2.16. The molecule has 1 heterocycles. The Hall–Kier alpha value is -0.730. The Morgan fingerprint density at radius 3 is 2.57 bits per heavy atom. The van der Waals surface area contributed by atoms with E-state index in [0.717, 1.165) is 18.8 Å². The zero-order valence-electron chi connectivity index (χ0n) is 8.20. The Bertz CT molecular complexity index is 282. The summed E-state index contributed by atoms with van der Waals surface area (Å²) < 4.78 is 0.